The number of nitrogens with one attached hydrogen (secondary N) is 1. The van der Waals surface area contributed by atoms with E-state index < -0.39 is 0 Å². The summed E-state index contributed by atoms with van der Waals surface area (Å²) < 4.78 is 1.19. The van der Waals surface area contributed by atoms with E-state index in [1.807, 2.05) is 19.1 Å². The van der Waals surface area contributed by atoms with Gasteiger partial charge in [-0.25, -0.2) is 4.98 Å². The van der Waals surface area contributed by atoms with Gasteiger partial charge in [-0.2, -0.15) is 0 Å². The average Bonchev–Trinajstić information content (AvgIpc) is 3.20. The van der Waals surface area contributed by atoms with Crippen LogP contribution in [0.5, 0.6) is 0 Å². The van der Waals surface area contributed by atoms with Gasteiger partial charge in [-0.05, 0) is 38.0 Å². The predicted octanol–water partition coefficient (Wildman–Crippen LogP) is 5.14. The minimum Gasteiger partial charge on any atom is -0.317 e. The van der Waals surface area contributed by atoms with Crippen molar-refractivity contribution in [3.8, 4) is 10.6 Å². The fraction of sp³-hybridized carbons (Fsp3) is 0.400. The van der Waals surface area contributed by atoms with Crippen LogP contribution in [0, 0.1) is 0 Å². The summed E-state index contributed by atoms with van der Waals surface area (Å²) in [6.45, 7) is 8.39. The highest BCUT2D eigenvalue weighted by atomic mass is 32.1. The average molecular weight is 386 g/mol. The van der Waals surface area contributed by atoms with Gasteiger partial charge in [0.05, 0.1) is 10.2 Å². The highest BCUT2D eigenvalue weighted by Gasteiger charge is 2.28. The number of fused-ring (bicyclic) bond motifs is 2. The highest BCUT2D eigenvalue weighted by molar-refractivity contribution is 7.22. The molecule has 3 heterocycles. The number of aromatic nitrogens is 1. The van der Waals surface area contributed by atoms with Gasteiger partial charge in [0.2, 0.25) is 5.91 Å². The summed E-state index contributed by atoms with van der Waals surface area (Å²) in [5, 5.41) is 5.12. The Kier molecular flexibility index (Phi) is 4.82. The lowest BCUT2D eigenvalue weighted by atomic mass is 10.0. The van der Waals surface area contributed by atoms with E-state index in [0.717, 1.165) is 40.6 Å². The van der Waals surface area contributed by atoms with E-state index in [1.54, 1.807) is 22.7 Å². The van der Waals surface area contributed by atoms with Crippen molar-refractivity contribution in [3.05, 3.63) is 34.7 Å². The number of benzene rings is 1. The Balaban J connectivity index is 1.82. The van der Waals surface area contributed by atoms with Crippen molar-refractivity contribution in [2.45, 2.75) is 46.2 Å². The van der Waals surface area contributed by atoms with Gasteiger partial charge in [0.1, 0.15) is 10.0 Å². The van der Waals surface area contributed by atoms with E-state index in [2.05, 4.69) is 36.2 Å². The molecule has 0 aliphatic carbocycles. The van der Waals surface area contributed by atoms with E-state index in [-0.39, 0.29) is 5.91 Å². The summed E-state index contributed by atoms with van der Waals surface area (Å²) in [5.41, 5.74) is 3.55. The van der Waals surface area contributed by atoms with Crippen LogP contribution >= 0.6 is 22.7 Å². The van der Waals surface area contributed by atoms with Crippen LogP contribution in [-0.4, -0.2) is 28.4 Å². The molecule has 0 spiro atoms. The van der Waals surface area contributed by atoms with Gasteiger partial charge in [-0.1, -0.05) is 19.1 Å². The van der Waals surface area contributed by atoms with Crippen molar-refractivity contribution in [3.63, 3.8) is 0 Å². The van der Waals surface area contributed by atoms with Gasteiger partial charge in [0.25, 0.3) is 0 Å². The Bertz CT molecular complexity index is 924. The number of carbonyl (C=O) groups is 1. The summed E-state index contributed by atoms with van der Waals surface area (Å²) >= 11 is 3.44. The lowest BCUT2D eigenvalue weighted by Crippen LogP contribution is -2.35. The normalized spacial score (nSPS) is 14.8. The molecule has 4 rings (SSSR count). The number of rotatable bonds is 4. The zero-order valence-electron chi connectivity index (χ0n) is 15.3. The molecule has 26 heavy (non-hydrogen) atoms. The molecule has 1 aliphatic heterocycles. The first-order valence-corrected chi connectivity index (χ1v) is 10.7. The first-order chi connectivity index (χ1) is 12.6. The smallest absolute Gasteiger partial charge is 0.224 e. The molecule has 0 fully saturated rings. The molecule has 0 radical (unpaired) electrons. The molecule has 0 saturated heterocycles. The second kappa shape index (κ2) is 7.10. The molecule has 6 heteroatoms. The second-order valence-electron chi connectivity index (χ2n) is 6.91. The predicted molar refractivity (Wildman–Crippen MR) is 111 cm³/mol. The van der Waals surface area contributed by atoms with Crippen LogP contribution < -0.4 is 5.32 Å². The maximum Gasteiger partial charge on any atom is 0.224 e. The summed E-state index contributed by atoms with van der Waals surface area (Å²) in [6.07, 6.45) is 1.50. The van der Waals surface area contributed by atoms with Gasteiger partial charge in [0, 0.05) is 36.0 Å². The molecule has 4 nitrogen and oxygen atoms in total. The largest absolute Gasteiger partial charge is 0.317 e. The molecule has 1 aliphatic rings. The molecular formula is C20H23N3OS2. The monoisotopic (exact) mass is 385 g/mol. The van der Waals surface area contributed by atoms with Crippen LogP contribution in [0.3, 0.4) is 0 Å². The minimum atomic E-state index is 0.0617. The Morgan fingerprint density at radius 3 is 2.85 bits per heavy atom. The van der Waals surface area contributed by atoms with E-state index in [9.17, 15) is 4.79 Å². The van der Waals surface area contributed by atoms with Crippen molar-refractivity contribution < 1.29 is 4.79 Å². The van der Waals surface area contributed by atoms with Crippen molar-refractivity contribution in [2.75, 3.05) is 11.9 Å². The number of carbonyl (C=O) groups excluding carboxylic acids is 1. The summed E-state index contributed by atoms with van der Waals surface area (Å²) in [7, 11) is 0. The first-order valence-electron chi connectivity index (χ1n) is 9.11. The number of hydrogen-bond acceptors (Lipinski definition) is 5. The van der Waals surface area contributed by atoms with Gasteiger partial charge in [0.15, 0.2) is 0 Å². The molecule has 0 saturated carbocycles. The van der Waals surface area contributed by atoms with Crippen LogP contribution in [0.2, 0.25) is 0 Å². The lowest BCUT2D eigenvalue weighted by Gasteiger charge is -2.30. The molecule has 2 aromatic heterocycles. The molecule has 136 valence electrons. The number of amides is 1. The number of para-hydroxylation sites is 1. The Morgan fingerprint density at radius 1 is 1.31 bits per heavy atom. The lowest BCUT2D eigenvalue weighted by molar-refractivity contribution is -0.115. The van der Waals surface area contributed by atoms with Gasteiger partial charge < -0.3 is 5.32 Å². The fourth-order valence-electron chi connectivity index (χ4n) is 3.37. The topological polar surface area (TPSA) is 45.2 Å². The van der Waals surface area contributed by atoms with E-state index in [0.29, 0.717) is 12.5 Å². The van der Waals surface area contributed by atoms with E-state index in [4.69, 9.17) is 4.98 Å². The number of hydrogen-bond donors (Lipinski definition) is 1. The molecule has 0 bridgehead atoms. The summed E-state index contributed by atoms with van der Waals surface area (Å²) in [4.78, 5) is 20.8. The third-order valence-electron chi connectivity index (χ3n) is 4.90. The Hall–Kier alpha value is -1.76. The van der Waals surface area contributed by atoms with Gasteiger partial charge in [-0.3, -0.25) is 9.69 Å². The summed E-state index contributed by atoms with van der Waals surface area (Å²) in [6, 6.07) is 8.77. The molecule has 1 aromatic carbocycles. The summed E-state index contributed by atoms with van der Waals surface area (Å²) in [5.74, 6) is 0.0617. The number of thiophene rings is 1. The second-order valence-corrected chi connectivity index (χ2v) is 9.05. The van der Waals surface area contributed by atoms with Crippen LogP contribution in [0.1, 0.15) is 37.6 Å². The van der Waals surface area contributed by atoms with E-state index >= 15 is 0 Å². The number of anilines is 1. The van der Waals surface area contributed by atoms with Crippen molar-refractivity contribution >= 4 is 43.8 Å². The fourth-order valence-corrected chi connectivity index (χ4v) is 5.77. The van der Waals surface area contributed by atoms with Crippen molar-refractivity contribution in [2.24, 2.45) is 0 Å². The SMILES string of the molecule is CCC(=O)Nc1sc2c(c1-c1nc3ccccc3s1)CCN(C(C)C)C2. The molecule has 3 aromatic rings. The highest BCUT2D eigenvalue weighted by Crippen LogP contribution is 2.45. The third kappa shape index (κ3) is 3.17. The standard InChI is InChI=1S/C20H23N3OS2/c1-4-17(24)22-20-18(19-21-14-7-5-6-8-15(14)25-19)13-9-10-23(12(2)3)11-16(13)26-20/h5-8,12H,4,9-11H2,1-3H3,(H,22,24). The zero-order valence-corrected chi connectivity index (χ0v) is 17.0. The molecule has 1 N–H and O–H groups in total. The van der Waals surface area contributed by atoms with Gasteiger partial charge in [-0.15, -0.1) is 22.7 Å². The van der Waals surface area contributed by atoms with Crippen molar-refractivity contribution in [1.29, 1.82) is 0 Å². The molecular weight excluding hydrogens is 362 g/mol. The molecule has 0 atom stereocenters. The quantitative estimate of drug-likeness (QED) is 0.676. The first kappa shape index (κ1) is 17.6. The van der Waals surface area contributed by atoms with Crippen LogP contribution in [-0.2, 0) is 17.8 Å². The maximum atomic E-state index is 12.1. The molecule has 1 amide bonds. The molecule has 0 unspecified atom stereocenters. The maximum absolute atomic E-state index is 12.1. The number of nitrogens with zero attached hydrogens (tertiary/aromatic N) is 2. The van der Waals surface area contributed by atoms with Crippen LogP contribution in [0.25, 0.3) is 20.8 Å². The third-order valence-corrected chi connectivity index (χ3v) is 7.08. The van der Waals surface area contributed by atoms with E-state index in [1.165, 1.54) is 15.1 Å². The number of thiazole rings is 1. The Morgan fingerprint density at radius 2 is 2.12 bits per heavy atom. The van der Waals surface area contributed by atoms with Gasteiger partial charge >= 0.3 is 0 Å². The van der Waals surface area contributed by atoms with Crippen LogP contribution in [0.15, 0.2) is 24.3 Å². The Labute approximate surface area is 161 Å². The zero-order chi connectivity index (χ0) is 18.3. The van der Waals surface area contributed by atoms with Crippen molar-refractivity contribution in [1.82, 2.24) is 9.88 Å². The minimum absolute atomic E-state index is 0.0617. The van der Waals surface area contributed by atoms with Crippen LogP contribution in [0.4, 0.5) is 5.00 Å².